The molecule has 14 aromatic rings. The van der Waals surface area contributed by atoms with E-state index in [1.807, 2.05) is 12.1 Å². The van der Waals surface area contributed by atoms with E-state index in [1.165, 1.54) is 27.2 Å². The summed E-state index contributed by atoms with van der Waals surface area (Å²) in [5.74, 6) is 0. The molecule has 4 nitrogen and oxygen atoms in total. The molecular formula is C64H40N2O2. The first kappa shape index (κ1) is 38.2. The smallest absolute Gasteiger partial charge is 0.143 e. The number of aromatic nitrogens is 1. The summed E-state index contributed by atoms with van der Waals surface area (Å²) >= 11 is 0. The Morgan fingerprint density at radius 3 is 1.65 bits per heavy atom. The van der Waals surface area contributed by atoms with Gasteiger partial charge in [0.25, 0.3) is 0 Å². The predicted octanol–water partition coefficient (Wildman–Crippen LogP) is 18.2. The van der Waals surface area contributed by atoms with Crippen LogP contribution in [0, 0.1) is 0 Å². The van der Waals surface area contributed by atoms with Crippen molar-refractivity contribution >= 4 is 93.5 Å². The quantitative estimate of drug-likeness (QED) is 0.160. The third-order valence-corrected chi connectivity index (χ3v) is 13.8. The molecule has 0 spiro atoms. The summed E-state index contributed by atoms with van der Waals surface area (Å²) in [6.45, 7) is 0. The van der Waals surface area contributed by atoms with Gasteiger partial charge in [0, 0.05) is 60.5 Å². The van der Waals surface area contributed by atoms with Crippen LogP contribution in [0.25, 0.3) is 116 Å². The van der Waals surface area contributed by atoms with Crippen molar-refractivity contribution < 1.29 is 8.83 Å². The zero-order chi connectivity index (χ0) is 44.7. The van der Waals surface area contributed by atoms with Gasteiger partial charge in [-0.05, 0) is 130 Å². The normalized spacial score (nSPS) is 11.8. The van der Waals surface area contributed by atoms with E-state index in [9.17, 15) is 0 Å². The molecule has 0 unspecified atom stereocenters. The molecule has 3 heterocycles. The number of hydrogen-bond donors (Lipinski definition) is 0. The Balaban J connectivity index is 0.875. The van der Waals surface area contributed by atoms with E-state index in [0.29, 0.717) is 0 Å². The third kappa shape index (κ3) is 6.08. The molecule has 0 amide bonds. The van der Waals surface area contributed by atoms with Gasteiger partial charge in [0.05, 0.1) is 11.0 Å². The van der Waals surface area contributed by atoms with Crippen LogP contribution in [-0.2, 0) is 0 Å². The molecule has 0 fully saturated rings. The van der Waals surface area contributed by atoms with Crippen LogP contribution in [0.5, 0.6) is 0 Å². The first-order chi connectivity index (χ1) is 33.7. The number of para-hydroxylation sites is 3. The lowest BCUT2D eigenvalue weighted by molar-refractivity contribution is 0.669. The Hall–Kier alpha value is -9.12. The van der Waals surface area contributed by atoms with Crippen LogP contribution in [0.1, 0.15) is 0 Å². The van der Waals surface area contributed by atoms with E-state index in [1.54, 1.807) is 0 Å². The Kier molecular flexibility index (Phi) is 8.55. The summed E-state index contributed by atoms with van der Waals surface area (Å²) in [5, 5.41) is 9.30. The molecule has 4 heteroatoms. The van der Waals surface area contributed by atoms with Gasteiger partial charge in [0.2, 0.25) is 0 Å². The van der Waals surface area contributed by atoms with Crippen LogP contribution in [-0.4, -0.2) is 4.57 Å². The number of furan rings is 2. The van der Waals surface area contributed by atoms with E-state index in [-0.39, 0.29) is 0 Å². The van der Waals surface area contributed by atoms with E-state index >= 15 is 0 Å². The molecule has 0 N–H and O–H groups in total. The monoisotopic (exact) mass is 868 g/mol. The lowest BCUT2D eigenvalue weighted by atomic mass is 9.97. The van der Waals surface area contributed by atoms with Crippen molar-refractivity contribution in [3.63, 3.8) is 0 Å². The molecule has 318 valence electrons. The molecule has 0 radical (unpaired) electrons. The van der Waals surface area contributed by atoms with Crippen molar-refractivity contribution in [2.24, 2.45) is 0 Å². The molecule has 0 atom stereocenters. The number of nitrogens with zero attached hydrogens (tertiary/aromatic N) is 2. The molecule has 3 aromatic heterocycles. The molecule has 68 heavy (non-hydrogen) atoms. The topological polar surface area (TPSA) is 34.5 Å². The SMILES string of the molecule is c1cc(-c2cccc3oc4c5ccccc5ccc4c23)cc(N(c2ccc(-c3cccc(-n4c5ccccc5c5ccccc54)c3)cc2)c2ccc(-c3ccc4c(c3)oc3ccccc34)cc2)c1. The summed E-state index contributed by atoms with van der Waals surface area (Å²) in [6, 6.07) is 87.0. The lowest BCUT2D eigenvalue weighted by Gasteiger charge is -2.26. The zero-order valence-corrected chi connectivity index (χ0v) is 36.8. The number of anilines is 3. The number of benzene rings is 11. The number of fused-ring (bicyclic) bond motifs is 11. The van der Waals surface area contributed by atoms with Crippen molar-refractivity contribution in [3.8, 4) is 39.1 Å². The van der Waals surface area contributed by atoms with Crippen LogP contribution in [0.4, 0.5) is 17.1 Å². The molecule has 0 aliphatic carbocycles. The van der Waals surface area contributed by atoms with Gasteiger partial charge in [0.1, 0.15) is 22.3 Å². The Bertz CT molecular complexity index is 4210. The molecular weight excluding hydrogens is 829 g/mol. The van der Waals surface area contributed by atoms with Gasteiger partial charge in [-0.1, -0.05) is 152 Å². The highest BCUT2D eigenvalue weighted by Gasteiger charge is 2.19. The molecule has 0 saturated carbocycles. The molecule has 14 rings (SSSR count). The van der Waals surface area contributed by atoms with Crippen LogP contribution in [0.15, 0.2) is 251 Å². The Morgan fingerprint density at radius 2 is 0.882 bits per heavy atom. The maximum Gasteiger partial charge on any atom is 0.143 e. The summed E-state index contributed by atoms with van der Waals surface area (Å²) in [7, 11) is 0. The largest absolute Gasteiger partial charge is 0.456 e. The summed E-state index contributed by atoms with van der Waals surface area (Å²) in [5.41, 5.74) is 17.1. The molecule has 0 bridgehead atoms. The number of hydrogen-bond acceptors (Lipinski definition) is 3. The molecule has 0 aliphatic heterocycles. The fraction of sp³-hybridized carbons (Fsp3) is 0. The molecule has 11 aromatic carbocycles. The highest BCUT2D eigenvalue weighted by atomic mass is 16.3. The minimum absolute atomic E-state index is 0.880. The van der Waals surface area contributed by atoms with Gasteiger partial charge >= 0.3 is 0 Å². The first-order valence-electron chi connectivity index (χ1n) is 23.1. The summed E-state index contributed by atoms with van der Waals surface area (Å²) in [4.78, 5) is 2.36. The average molecular weight is 869 g/mol. The highest BCUT2D eigenvalue weighted by molar-refractivity contribution is 6.19. The maximum absolute atomic E-state index is 6.63. The van der Waals surface area contributed by atoms with Crippen molar-refractivity contribution in [1.29, 1.82) is 0 Å². The predicted molar refractivity (Wildman–Crippen MR) is 284 cm³/mol. The van der Waals surface area contributed by atoms with Gasteiger partial charge < -0.3 is 18.3 Å². The number of rotatable bonds is 7. The van der Waals surface area contributed by atoms with E-state index in [4.69, 9.17) is 8.83 Å². The molecule has 0 saturated heterocycles. The van der Waals surface area contributed by atoms with Crippen molar-refractivity contribution in [2.45, 2.75) is 0 Å². The van der Waals surface area contributed by atoms with E-state index in [0.717, 1.165) is 105 Å². The minimum Gasteiger partial charge on any atom is -0.456 e. The standard InChI is InChI=1S/C64H40N2O2/c1-2-17-52-43(12-1)30-37-57-63-51(21-11-25-61(63)68-64(52)57)46-14-10-15-49(39-46)65(48-34-28-42(29-35-48)45-31-36-56-55-20-5-8-24-60(55)67-62(56)40-45)47-32-26-41(27-33-47)44-13-9-16-50(38-44)66-58-22-6-3-18-53(58)54-19-4-7-23-59(54)66/h1-40H. The van der Waals surface area contributed by atoms with E-state index in [2.05, 4.69) is 240 Å². The summed E-state index contributed by atoms with van der Waals surface area (Å²) in [6.07, 6.45) is 0. The second-order valence-corrected chi connectivity index (χ2v) is 17.7. The Morgan fingerprint density at radius 1 is 0.309 bits per heavy atom. The van der Waals surface area contributed by atoms with Crippen molar-refractivity contribution in [1.82, 2.24) is 4.57 Å². The second kappa shape index (κ2) is 15.2. The van der Waals surface area contributed by atoms with Crippen LogP contribution in [0.2, 0.25) is 0 Å². The fourth-order valence-electron chi connectivity index (χ4n) is 10.6. The van der Waals surface area contributed by atoms with Gasteiger partial charge in [-0.25, -0.2) is 0 Å². The van der Waals surface area contributed by atoms with Gasteiger partial charge in [-0.3, -0.25) is 0 Å². The lowest BCUT2D eigenvalue weighted by Crippen LogP contribution is -2.10. The molecule has 0 aliphatic rings. The van der Waals surface area contributed by atoms with Crippen LogP contribution >= 0.6 is 0 Å². The zero-order valence-electron chi connectivity index (χ0n) is 36.8. The second-order valence-electron chi connectivity index (χ2n) is 17.7. The van der Waals surface area contributed by atoms with E-state index < -0.39 is 0 Å². The third-order valence-electron chi connectivity index (χ3n) is 13.8. The van der Waals surface area contributed by atoms with Gasteiger partial charge in [-0.2, -0.15) is 0 Å². The maximum atomic E-state index is 6.63. The Labute approximate surface area is 391 Å². The van der Waals surface area contributed by atoms with Crippen molar-refractivity contribution in [2.75, 3.05) is 4.90 Å². The van der Waals surface area contributed by atoms with Gasteiger partial charge in [-0.15, -0.1) is 0 Å². The van der Waals surface area contributed by atoms with Gasteiger partial charge in [0.15, 0.2) is 0 Å². The highest BCUT2D eigenvalue weighted by Crippen LogP contribution is 2.43. The fourth-order valence-corrected chi connectivity index (χ4v) is 10.6. The first-order valence-corrected chi connectivity index (χ1v) is 23.1. The van der Waals surface area contributed by atoms with Crippen LogP contribution < -0.4 is 4.90 Å². The average Bonchev–Trinajstić information content (AvgIpc) is 4.09. The van der Waals surface area contributed by atoms with Crippen LogP contribution in [0.3, 0.4) is 0 Å². The minimum atomic E-state index is 0.880. The van der Waals surface area contributed by atoms with Crippen molar-refractivity contribution in [3.05, 3.63) is 243 Å². The summed E-state index contributed by atoms with van der Waals surface area (Å²) < 4.78 is 15.3.